The lowest BCUT2D eigenvalue weighted by molar-refractivity contribution is 0.0697. The van der Waals surface area contributed by atoms with Crippen LogP contribution in [0.4, 0.5) is 0 Å². The number of fused-ring (bicyclic) bond motifs is 1. The first-order chi connectivity index (χ1) is 16.4. The predicted molar refractivity (Wildman–Crippen MR) is 138 cm³/mol. The molecule has 0 unspecified atom stereocenters. The monoisotopic (exact) mass is 583 g/mol. The lowest BCUT2D eigenvalue weighted by Crippen LogP contribution is -2.22. The van der Waals surface area contributed by atoms with Crippen molar-refractivity contribution in [2.75, 3.05) is 0 Å². The van der Waals surface area contributed by atoms with Crippen molar-refractivity contribution in [1.82, 2.24) is 9.66 Å². The third kappa shape index (κ3) is 5.26. The molecule has 1 aromatic heterocycles. The summed E-state index contributed by atoms with van der Waals surface area (Å²) in [4.78, 5) is 28.5. The minimum Gasteiger partial charge on any atom is -0.488 e. The van der Waals surface area contributed by atoms with E-state index in [4.69, 9.17) is 9.84 Å². The van der Waals surface area contributed by atoms with Gasteiger partial charge < -0.3 is 9.84 Å². The summed E-state index contributed by atoms with van der Waals surface area (Å²) in [5, 5.41) is 13.9. The summed E-state index contributed by atoms with van der Waals surface area (Å²) in [7, 11) is 0. The van der Waals surface area contributed by atoms with Crippen molar-refractivity contribution in [3.05, 3.63) is 102 Å². The first-order valence-electron chi connectivity index (χ1n) is 10.4. The van der Waals surface area contributed by atoms with Crippen LogP contribution >= 0.6 is 31.9 Å². The molecule has 0 bridgehead atoms. The molecule has 0 fully saturated rings. The van der Waals surface area contributed by atoms with Gasteiger partial charge in [0.05, 0.1) is 27.2 Å². The Kier molecular flexibility index (Phi) is 7.23. The SMILES string of the molecule is CCc1nc2ccc(Br)cc2c(=O)n1N=Cc1ccc(OCc2ccc(C(=O)O)cc2)c(Br)c1. The van der Waals surface area contributed by atoms with E-state index in [-0.39, 0.29) is 11.1 Å². The number of aryl methyl sites for hydroxylation is 1. The molecular weight excluding hydrogens is 566 g/mol. The summed E-state index contributed by atoms with van der Waals surface area (Å²) >= 11 is 6.91. The van der Waals surface area contributed by atoms with Gasteiger partial charge in [0.25, 0.3) is 5.56 Å². The fourth-order valence-corrected chi connectivity index (χ4v) is 4.16. The molecule has 4 aromatic rings. The topological polar surface area (TPSA) is 93.8 Å². The van der Waals surface area contributed by atoms with Gasteiger partial charge in [-0.1, -0.05) is 35.0 Å². The van der Waals surface area contributed by atoms with Crippen molar-refractivity contribution < 1.29 is 14.6 Å². The zero-order valence-corrected chi connectivity index (χ0v) is 21.2. The van der Waals surface area contributed by atoms with Crippen LogP contribution in [0.5, 0.6) is 5.75 Å². The Morgan fingerprint density at radius 1 is 1.12 bits per heavy atom. The van der Waals surface area contributed by atoms with Gasteiger partial charge in [0.2, 0.25) is 0 Å². The number of ether oxygens (including phenoxy) is 1. The number of carboxylic acids is 1. The summed E-state index contributed by atoms with van der Waals surface area (Å²) in [6.45, 7) is 2.22. The molecule has 0 atom stereocenters. The number of carboxylic acid groups (broad SMARTS) is 1. The number of hydrogen-bond donors (Lipinski definition) is 1. The summed E-state index contributed by atoms with van der Waals surface area (Å²) < 4.78 is 8.70. The number of carbonyl (C=O) groups is 1. The summed E-state index contributed by atoms with van der Waals surface area (Å²) in [5.41, 5.74) is 2.26. The molecule has 4 rings (SSSR count). The molecule has 1 N–H and O–H groups in total. The zero-order valence-electron chi connectivity index (χ0n) is 18.0. The molecule has 0 saturated heterocycles. The Morgan fingerprint density at radius 2 is 1.88 bits per heavy atom. The normalized spacial score (nSPS) is 11.3. The van der Waals surface area contributed by atoms with Crippen LogP contribution in [-0.2, 0) is 13.0 Å². The van der Waals surface area contributed by atoms with Crippen LogP contribution in [0.2, 0.25) is 0 Å². The summed E-state index contributed by atoms with van der Waals surface area (Å²) in [6.07, 6.45) is 2.16. The molecule has 3 aromatic carbocycles. The third-order valence-electron chi connectivity index (χ3n) is 5.07. The highest BCUT2D eigenvalue weighted by Crippen LogP contribution is 2.26. The van der Waals surface area contributed by atoms with Gasteiger partial charge >= 0.3 is 5.97 Å². The maximum absolute atomic E-state index is 13.0. The highest BCUT2D eigenvalue weighted by atomic mass is 79.9. The van der Waals surface area contributed by atoms with E-state index in [1.165, 1.54) is 4.68 Å². The average Bonchev–Trinajstić information content (AvgIpc) is 2.83. The van der Waals surface area contributed by atoms with Gasteiger partial charge in [0.1, 0.15) is 18.2 Å². The molecule has 0 amide bonds. The molecule has 1 heterocycles. The van der Waals surface area contributed by atoms with Crippen molar-refractivity contribution in [3.8, 4) is 5.75 Å². The van der Waals surface area contributed by atoms with E-state index < -0.39 is 5.97 Å². The number of aromatic nitrogens is 2. The predicted octanol–water partition coefficient (Wildman–Crippen LogP) is 5.64. The number of aromatic carboxylic acids is 1. The second kappa shape index (κ2) is 10.3. The first-order valence-corrected chi connectivity index (χ1v) is 11.9. The molecule has 0 spiro atoms. The van der Waals surface area contributed by atoms with E-state index >= 15 is 0 Å². The fraction of sp³-hybridized carbons (Fsp3) is 0.120. The van der Waals surface area contributed by atoms with E-state index in [2.05, 4.69) is 41.9 Å². The summed E-state index contributed by atoms with van der Waals surface area (Å²) in [5.74, 6) is 0.236. The third-order valence-corrected chi connectivity index (χ3v) is 6.18. The number of hydrogen-bond acceptors (Lipinski definition) is 5. The van der Waals surface area contributed by atoms with Crippen LogP contribution in [-0.4, -0.2) is 27.0 Å². The zero-order chi connectivity index (χ0) is 24.2. The van der Waals surface area contributed by atoms with Gasteiger partial charge in [0, 0.05) is 10.9 Å². The lowest BCUT2D eigenvalue weighted by Gasteiger charge is -2.10. The van der Waals surface area contributed by atoms with Crippen LogP contribution in [0.25, 0.3) is 10.9 Å². The van der Waals surface area contributed by atoms with E-state index in [0.717, 1.165) is 20.1 Å². The van der Waals surface area contributed by atoms with Crippen LogP contribution in [0.15, 0.2) is 79.5 Å². The molecule has 7 nitrogen and oxygen atoms in total. The van der Waals surface area contributed by atoms with Crippen LogP contribution in [0.3, 0.4) is 0 Å². The summed E-state index contributed by atoms with van der Waals surface area (Å²) in [6, 6.07) is 17.4. The maximum Gasteiger partial charge on any atom is 0.335 e. The van der Waals surface area contributed by atoms with Gasteiger partial charge in [-0.3, -0.25) is 4.79 Å². The Labute approximate surface area is 212 Å². The average molecular weight is 585 g/mol. The van der Waals surface area contributed by atoms with E-state index in [1.54, 1.807) is 42.6 Å². The van der Waals surface area contributed by atoms with Crippen molar-refractivity contribution in [2.45, 2.75) is 20.0 Å². The standard InChI is InChI=1S/C25H19Br2N3O4/c1-2-23-29-21-9-8-18(26)12-19(21)24(31)30(23)28-13-16-5-10-22(20(27)11-16)34-14-15-3-6-17(7-4-15)25(32)33/h3-13H,2,14H2,1H3,(H,32,33). The highest BCUT2D eigenvalue weighted by Gasteiger charge is 2.10. The van der Waals surface area contributed by atoms with Crippen molar-refractivity contribution in [2.24, 2.45) is 5.10 Å². The Hall–Kier alpha value is -3.30. The molecular formula is C25H19Br2N3O4. The highest BCUT2D eigenvalue weighted by molar-refractivity contribution is 9.10. The number of nitrogens with zero attached hydrogens (tertiary/aromatic N) is 3. The lowest BCUT2D eigenvalue weighted by atomic mass is 10.1. The van der Waals surface area contributed by atoms with Gasteiger partial charge in [0.15, 0.2) is 0 Å². The Balaban J connectivity index is 1.54. The van der Waals surface area contributed by atoms with Crippen molar-refractivity contribution in [3.63, 3.8) is 0 Å². The second-order valence-corrected chi connectivity index (χ2v) is 9.16. The van der Waals surface area contributed by atoms with Gasteiger partial charge in [-0.05, 0) is 75.6 Å². The van der Waals surface area contributed by atoms with E-state index in [9.17, 15) is 9.59 Å². The minimum atomic E-state index is -0.965. The van der Waals surface area contributed by atoms with Crippen LogP contribution in [0, 0.1) is 0 Å². The van der Waals surface area contributed by atoms with Crippen molar-refractivity contribution in [1.29, 1.82) is 0 Å². The smallest absolute Gasteiger partial charge is 0.335 e. The molecule has 0 aliphatic carbocycles. The van der Waals surface area contributed by atoms with Crippen LogP contribution < -0.4 is 10.3 Å². The molecule has 34 heavy (non-hydrogen) atoms. The van der Waals surface area contributed by atoms with Gasteiger partial charge in [-0.25, -0.2) is 9.78 Å². The second-order valence-electron chi connectivity index (χ2n) is 7.39. The Morgan fingerprint density at radius 3 is 2.56 bits per heavy atom. The fourth-order valence-electron chi connectivity index (χ4n) is 3.29. The molecule has 0 radical (unpaired) electrons. The quantitative estimate of drug-likeness (QED) is 0.284. The maximum atomic E-state index is 13.0. The van der Waals surface area contributed by atoms with Crippen molar-refractivity contribution >= 4 is 54.9 Å². The Bertz CT molecular complexity index is 1460. The first kappa shape index (κ1) is 23.8. The van der Waals surface area contributed by atoms with Crippen LogP contribution in [0.1, 0.15) is 34.2 Å². The molecule has 172 valence electrons. The van der Waals surface area contributed by atoms with Gasteiger partial charge in [-0.15, -0.1) is 0 Å². The molecule has 0 aliphatic rings. The molecule has 0 saturated carbocycles. The number of rotatable bonds is 7. The van der Waals surface area contributed by atoms with E-state index in [0.29, 0.717) is 35.5 Å². The largest absolute Gasteiger partial charge is 0.488 e. The number of benzene rings is 3. The number of halogens is 2. The van der Waals surface area contributed by atoms with E-state index in [1.807, 2.05) is 31.2 Å². The molecule has 9 heteroatoms. The van der Waals surface area contributed by atoms with Gasteiger partial charge in [-0.2, -0.15) is 9.78 Å². The minimum absolute atomic E-state index is 0.229. The molecule has 0 aliphatic heterocycles.